The molecule has 230 valence electrons. The summed E-state index contributed by atoms with van der Waals surface area (Å²) in [6, 6.07) is 24.2. The number of carbonyl (C=O) groups is 1. The molecule has 2 heterocycles. The van der Waals surface area contributed by atoms with Crippen molar-refractivity contribution in [1.29, 1.82) is 0 Å². The average molecular weight is 646 g/mol. The second kappa shape index (κ2) is 15.2. The second-order valence-corrected chi connectivity index (χ2v) is 13.7. The van der Waals surface area contributed by atoms with Crippen molar-refractivity contribution in [2.45, 2.75) is 74.0 Å². The number of nitrogens with one attached hydrogen (secondary N) is 1. The van der Waals surface area contributed by atoms with E-state index in [9.17, 15) is 9.90 Å². The van der Waals surface area contributed by atoms with Gasteiger partial charge in [0.25, 0.3) is 9.70 Å². The lowest BCUT2D eigenvalue weighted by atomic mass is 9.98. The first-order valence-corrected chi connectivity index (χ1v) is 16.2. The molecule has 0 aromatic heterocycles. The third kappa shape index (κ3) is 9.18. The number of aliphatic hydroxyl groups is 1. The smallest absolute Gasteiger partial charge is 0.272 e. The van der Waals surface area contributed by atoms with Crippen LogP contribution in [0.15, 0.2) is 72.8 Å². The number of halogens is 3. The number of hydrogen-bond donors (Lipinski definition) is 2. The highest BCUT2D eigenvalue weighted by Gasteiger charge is 2.33. The van der Waals surface area contributed by atoms with Crippen LogP contribution in [0.2, 0.25) is 0 Å². The lowest BCUT2D eigenvalue weighted by Crippen LogP contribution is -2.40. The van der Waals surface area contributed by atoms with Crippen LogP contribution in [0, 0.1) is 0 Å². The maximum atomic E-state index is 11.9. The molecule has 2 aliphatic heterocycles. The van der Waals surface area contributed by atoms with Gasteiger partial charge in [-0.2, -0.15) is 0 Å². The first-order valence-electron chi connectivity index (χ1n) is 15.1. The van der Waals surface area contributed by atoms with Gasteiger partial charge >= 0.3 is 0 Å². The number of amides is 1. The molecule has 2 N–H and O–H groups in total. The Morgan fingerprint density at radius 3 is 2.19 bits per heavy atom. The summed E-state index contributed by atoms with van der Waals surface area (Å²) in [6.45, 7) is 3.40. The van der Waals surface area contributed by atoms with Crippen LogP contribution >= 0.6 is 34.8 Å². The van der Waals surface area contributed by atoms with E-state index in [4.69, 9.17) is 44.3 Å². The number of benzene rings is 3. The van der Waals surface area contributed by atoms with Gasteiger partial charge in [0.1, 0.15) is 0 Å². The topological polar surface area (TPSA) is 71.0 Å². The van der Waals surface area contributed by atoms with Gasteiger partial charge in [0.2, 0.25) is 0 Å². The summed E-state index contributed by atoms with van der Waals surface area (Å²) in [5, 5.41) is 12.2. The minimum absolute atomic E-state index is 0.0218. The molecule has 2 aliphatic rings. The van der Waals surface area contributed by atoms with Gasteiger partial charge in [0.15, 0.2) is 6.29 Å². The first-order chi connectivity index (χ1) is 20.8. The fourth-order valence-corrected chi connectivity index (χ4v) is 5.99. The SMILES string of the molecule is O=C(NCc1cccc(-c2ccc(C3OC(CN4CCCCCCC4)CC(c4ccc(CO)cc4)O3)cc2)c1)C(Cl)(Cl)Cl. The average Bonchev–Trinajstić information content (AvgIpc) is 3.01. The van der Waals surface area contributed by atoms with Crippen LogP contribution in [0.3, 0.4) is 0 Å². The molecule has 6 nitrogen and oxygen atoms in total. The van der Waals surface area contributed by atoms with Gasteiger partial charge in [-0.05, 0) is 59.8 Å². The number of carbonyl (C=O) groups excluding carboxylic acids is 1. The van der Waals surface area contributed by atoms with Crippen LogP contribution in [0.5, 0.6) is 0 Å². The van der Waals surface area contributed by atoms with Gasteiger partial charge in [0, 0.05) is 25.1 Å². The Morgan fingerprint density at radius 2 is 1.51 bits per heavy atom. The predicted molar refractivity (Wildman–Crippen MR) is 172 cm³/mol. The Kier molecular flexibility index (Phi) is 11.4. The minimum atomic E-state index is -2.00. The summed E-state index contributed by atoms with van der Waals surface area (Å²) in [5.41, 5.74) is 5.88. The Hall–Kier alpha value is -2.16. The molecule has 3 unspecified atom stereocenters. The summed E-state index contributed by atoms with van der Waals surface area (Å²) in [6.07, 6.45) is 6.63. The monoisotopic (exact) mass is 644 g/mol. The molecule has 0 radical (unpaired) electrons. The summed E-state index contributed by atoms with van der Waals surface area (Å²) in [7, 11) is 0. The normalized spacial score (nSPS) is 22.0. The van der Waals surface area contributed by atoms with E-state index in [0.29, 0.717) is 0 Å². The molecule has 0 bridgehead atoms. The van der Waals surface area contributed by atoms with E-state index in [1.165, 1.54) is 32.1 Å². The molecule has 3 aromatic carbocycles. The summed E-state index contributed by atoms with van der Waals surface area (Å²) in [4.78, 5) is 14.5. The Bertz CT molecular complexity index is 1320. The number of ether oxygens (including phenoxy) is 2. The van der Waals surface area contributed by atoms with Crippen LogP contribution in [0.1, 0.15) is 73.2 Å². The molecule has 43 heavy (non-hydrogen) atoms. The van der Waals surface area contributed by atoms with Gasteiger partial charge in [-0.15, -0.1) is 0 Å². The van der Waals surface area contributed by atoms with Crippen molar-refractivity contribution in [2.24, 2.45) is 0 Å². The van der Waals surface area contributed by atoms with E-state index in [-0.39, 0.29) is 25.4 Å². The minimum Gasteiger partial charge on any atom is -0.392 e. The number of rotatable bonds is 8. The second-order valence-electron chi connectivity index (χ2n) is 11.4. The van der Waals surface area contributed by atoms with Crippen LogP contribution in [0.4, 0.5) is 0 Å². The molecule has 0 aliphatic carbocycles. The molecular formula is C34H39Cl3N2O4. The summed E-state index contributed by atoms with van der Waals surface area (Å²) < 4.78 is 11.2. The van der Waals surface area contributed by atoms with Crippen molar-refractivity contribution in [3.05, 3.63) is 95.1 Å². The number of alkyl halides is 3. The molecule has 3 aromatic rings. The van der Waals surface area contributed by atoms with Crippen molar-refractivity contribution < 1.29 is 19.4 Å². The Balaban J connectivity index is 1.31. The van der Waals surface area contributed by atoms with Crippen molar-refractivity contribution in [1.82, 2.24) is 10.2 Å². The standard InChI is InChI=1S/C34H39Cl3N2O4/c35-34(36,37)33(41)38-21-25-7-6-8-29(19-25)26-13-15-28(16-14-26)32-42-30(22-39-17-4-2-1-3-5-18-39)20-31(43-32)27-11-9-24(23-40)10-12-27/h6-16,19,30-32,40H,1-5,17-18,20-23H2,(H,38,41). The highest BCUT2D eigenvalue weighted by molar-refractivity contribution is 6.76. The van der Waals surface area contributed by atoms with Crippen LogP contribution in [0.25, 0.3) is 11.1 Å². The van der Waals surface area contributed by atoms with E-state index in [0.717, 1.165) is 59.4 Å². The highest BCUT2D eigenvalue weighted by Crippen LogP contribution is 2.39. The highest BCUT2D eigenvalue weighted by atomic mass is 35.6. The fraction of sp³-hybridized carbons (Fsp3) is 0.441. The van der Waals surface area contributed by atoms with E-state index in [1.807, 2.05) is 36.4 Å². The van der Waals surface area contributed by atoms with E-state index >= 15 is 0 Å². The molecule has 3 atom stereocenters. The van der Waals surface area contributed by atoms with Gasteiger partial charge in [-0.1, -0.05) is 121 Å². The quantitative estimate of drug-likeness (QED) is 0.247. The van der Waals surface area contributed by atoms with E-state index in [2.05, 4.69) is 46.6 Å². The maximum absolute atomic E-state index is 11.9. The van der Waals surface area contributed by atoms with Crippen LogP contribution in [-0.2, 0) is 27.4 Å². The van der Waals surface area contributed by atoms with Crippen LogP contribution in [-0.4, -0.2) is 45.4 Å². The van der Waals surface area contributed by atoms with Gasteiger partial charge in [-0.25, -0.2) is 0 Å². The fourth-order valence-electron chi connectivity index (χ4n) is 5.79. The maximum Gasteiger partial charge on any atom is 0.272 e. The van der Waals surface area contributed by atoms with E-state index < -0.39 is 16.0 Å². The summed E-state index contributed by atoms with van der Waals surface area (Å²) in [5.74, 6) is -0.660. The molecule has 5 rings (SSSR count). The van der Waals surface area contributed by atoms with Crippen LogP contribution < -0.4 is 5.32 Å². The van der Waals surface area contributed by atoms with Crippen molar-refractivity contribution >= 4 is 40.7 Å². The largest absolute Gasteiger partial charge is 0.392 e. The third-order valence-electron chi connectivity index (χ3n) is 8.18. The number of likely N-dealkylation sites (tertiary alicyclic amines) is 1. The lowest BCUT2D eigenvalue weighted by molar-refractivity contribution is -0.253. The molecule has 2 fully saturated rings. The molecule has 0 saturated carbocycles. The Morgan fingerprint density at radius 1 is 0.837 bits per heavy atom. The lowest BCUT2D eigenvalue weighted by Gasteiger charge is -2.38. The molecule has 0 spiro atoms. The number of aliphatic hydroxyl groups excluding tert-OH is 1. The zero-order valence-corrected chi connectivity index (χ0v) is 26.5. The number of nitrogens with zero attached hydrogens (tertiary/aromatic N) is 1. The predicted octanol–water partition coefficient (Wildman–Crippen LogP) is 7.64. The van der Waals surface area contributed by atoms with Crippen molar-refractivity contribution in [3.8, 4) is 11.1 Å². The van der Waals surface area contributed by atoms with E-state index in [1.54, 1.807) is 0 Å². The first kappa shape index (κ1) is 32.2. The molecule has 2 saturated heterocycles. The van der Waals surface area contributed by atoms with Gasteiger partial charge in [-0.3, -0.25) is 4.79 Å². The van der Waals surface area contributed by atoms with Gasteiger partial charge in [0.05, 0.1) is 18.8 Å². The number of hydrogen-bond acceptors (Lipinski definition) is 5. The molecule has 1 amide bonds. The van der Waals surface area contributed by atoms with Gasteiger partial charge < -0.3 is 24.8 Å². The van der Waals surface area contributed by atoms with Crippen molar-refractivity contribution in [2.75, 3.05) is 19.6 Å². The zero-order chi connectivity index (χ0) is 30.2. The summed E-state index contributed by atoms with van der Waals surface area (Å²) >= 11 is 17.0. The molecular weight excluding hydrogens is 607 g/mol. The zero-order valence-electron chi connectivity index (χ0n) is 24.2. The third-order valence-corrected chi connectivity index (χ3v) is 8.69. The Labute approximate surface area is 269 Å². The van der Waals surface area contributed by atoms with Crippen molar-refractivity contribution in [3.63, 3.8) is 0 Å². The molecule has 9 heteroatoms.